The van der Waals surface area contributed by atoms with Crippen LogP contribution >= 0.6 is 0 Å². The SMILES string of the molecule is Cc1ccc(N2CCN(C(=O)N3c4ccccc4Oc4ccccc43)CC2)cc1. The van der Waals surface area contributed by atoms with Crippen LogP contribution in [0, 0.1) is 6.92 Å². The van der Waals surface area contributed by atoms with Crippen molar-refractivity contribution in [3.63, 3.8) is 0 Å². The number of hydrogen-bond donors (Lipinski definition) is 0. The number of carbonyl (C=O) groups is 1. The average molecular weight is 385 g/mol. The van der Waals surface area contributed by atoms with E-state index in [0.29, 0.717) is 24.6 Å². The molecular formula is C24H23N3O2. The number of ether oxygens (including phenoxy) is 1. The predicted octanol–water partition coefficient (Wildman–Crippen LogP) is 5.18. The molecule has 3 aromatic carbocycles. The van der Waals surface area contributed by atoms with Crippen molar-refractivity contribution in [2.45, 2.75) is 6.92 Å². The van der Waals surface area contributed by atoms with Gasteiger partial charge in [-0.2, -0.15) is 0 Å². The Morgan fingerprint density at radius 1 is 0.759 bits per heavy atom. The second-order valence-corrected chi connectivity index (χ2v) is 7.47. The molecule has 0 atom stereocenters. The van der Waals surface area contributed by atoms with E-state index in [2.05, 4.69) is 36.1 Å². The molecule has 5 heteroatoms. The molecule has 5 rings (SSSR count). The summed E-state index contributed by atoms with van der Waals surface area (Å²) in [6.45, 7) is 5.12. The van der Waals surface area contributed by atoms with E-state index < -0.39 is 0 Å². The van der Waals surface area contributed by atoms with Gasteiger partial charge in [0, 0.05) is 31.9 Å². The molecule has 2 aliphatic rings. The van der Waals surface area contributed by atoms with Crippen molar-refractivity contribution in [2.24, 2.45) is 0 Å². The highest BCUT2D eigenvalue weighted by Crippen LogP contribution is 2.46. The summed E-state index contributed by atoms with van der Waals surface area (Å²) in [4.78, 5) is 19.6. The van der Waals surface area contributed by atoms with Crippen molar-refractivity contribution in [1.82, 2.24) is 4.90 Å². The minimum Gasteiger partial charge on any atom is -0.453 e. The number of anilines is 3. The molecule has 2 heterocycles. The monoisotopic (exact) mass is 385 g/mol. The van der Waals surface area contributed by atoms with Crippen LogP contribution in [0.15, 0.2) is 72.8 Å². The maximum Gasteiger partial charge on any atom is 0.329 e. The summed E-state index contributed by atoms with van der Waals surface area (Å²) in [5.74, 6) is 1.41. The van der Waals surface area contributed by atoms with Gasteiger partial charge in [0.2, 0.25) is 0 Å². The van der Waals surface area contributed by atoms with E-state index in [1.165, 1.54) is 11.3 Å². The number of fused-ring (bicyclic) bond motifs is 2. The van der Waals surface area contributed by atoms with Gasteiger partial charge in [-0.25, -0.2) is 4.79 Å². The Bertz CT molecular complexity index is 995. The number of carbonyl (C=O) groups excluding carboxylic acids is 1. The molecule has 1 fully saturated rings. The summed E-state index contributed by atoms with van der Waals surface area (Å²) in [6, 6.07) is 24.0. The lowest BCUT2D eigenvalue weighted by atomic mass is 10.1. The molecule has 2 amide bonds. The smallest absolute Gasteiger partial charge is 0.329 e. The molecule has 0 unspecified atom stereocenters. The van der Waals surface area contributed by atoms with Gasteiger partial charge in [-0.05, 0) is 43.3 Å². The third kappa shape index (κ3) is 3.18. The topological polar surface area (TPSA) is 36.0 Å². The van der Waals surface area contributed by atoms with Gasteiger partial charge < -0.3 is 14.5 Å². The number of aryl methyl sites for hydroxylation is 1. The molecule has 0 aliphatic carbocycles. The van der Waals surface area contributed by atoms with Gasteiger partial charge in [-0.1, -0.05) is 42.0 Å². The van der Waals surface area contributed by atoms with Crippen LogP contribution in [0.3, 0.4) is 0 Å². The maximum atomic E-state index is 13.5. The van der Waals surface area contributed by atoms with Crippen LogP contribution in [-0.2, 0) is 0 Å². The number of hydrogen-bond acceptors (Lipinski definition) is 3. The predicted molar refractivity (Wildman–Crippen MR) is 115 cm³/mol. The number of nitrogens with zero attached hydrogens (tertiary/aromatic N) is 3. The minimum atomic E-state index is -0.00300. The van der Waals surface area contributed by atoms with E-state index >= 15 is 0 Å². The Morgan fingerprint density at radius 3 is 1.90 bits per heavy atom. The van der Waals surface area contributed by atoms with Crippen LogP contribution < -0.4 is 14.5 Å². The quantitative estimate of drug-likeness (QED) is 0.579. The molecule has 0 saturated carbocycles. The lowest BCUT2D eigenvalue weighted by Gasteiger charge is -2.40. The minimum absolute atomic E-state index is 0.00300. The molecule has 1 saturated heterocycles. The van der Waals surface area contributed by atoms with E-state index in [4.69, 9.17) is 4.74 Å². The molecule has 0 aromatic heterocycles. The van der Waals surface area contributed by atoms with Gasteiger partial charge in [-0.15, -0.1) is 0 Å². The summed E-state index contributed by atoms with van der Waals surface area (Å²) in [6.07, 6.45) is 0. The first-order chi connectivity index (χ1) is 14.2. The first kappa shape index (κ1) is 17.6. The third-order valence-corrected chi connectivity index (χ3v) is 5.57. The second kappa shape index (κ2) is 7.17. The number of piperazine rings is 1. The summed E-state index contributed by atoms with van der Waals surface area (Å²) < 4.78 is 6.01. The van der Waals surface area contributed by atoms with Crippen molar-refractivity contribution in [2.75, 3.05) is 36.0 Å². The number of rotatable bonds is 1. The Morgan fingerprint density at radius 2 is 1.31 bits per heavy atom. The molecule has 146 valence electrons. The highest BCUT2D eigenvalue weighted by Gasteiger charge is 2.33. The fourth-order valence-corrected chi connectivity index (χ4v) is 3.96. The summed E-state index contributed by atoms with van der Waals surface area (Å²) in [5.41, 5.74) is 4.05. The Kier molecular flexibility index (Phi) is 4.35. The lowest BCUT2D eigenvalue weighted by molar-refractivity contribution is 0.203. The van der Waals surface area contributed by atoms with Crippen LogP contribution in [0.2, 0.25) is 0 Å². The lowest BCUT2D eigenvalue weighted by Crippen LogP contribution is -2.52. The van der Waals surface area contributed by atoms with Gasteiger partial charge in [0.05, 0.1) is 11.4 Å². The van der Waals surface area contributed by atoms with Crippen LogP contribution in [0.1, 0.15) is 5.56 Å². The highest BCUT2D eigenvalue weighted by atomic mass is 16.5. The number of amides is 2. The molecule has 0 spiro atoms. The van der Waals surface area contributed by atoms with E-state index in [0.717, 1.165) is 24.5 Å². The number of urea groups is 1. The zero-order valence-corrected chi connectivity index (χ0v) is 16.4. The van der Waals surface area contributed by atoms with Gasteiger partial charge in [-0.3, -0.25) is 4.90 Å². The Hall–Kier alpha value is -3.47. The van der Waals surface area contributed by atoms with E-state index in [9.17, 15) is 4.79 Å². The highest BCUT2D eigenvalue weighted by molar-refractivity contribution is 6.03. The largest absolute Gasteiger partial charge is 0.453 e. The molecule has 5 nitrogen and oxygen atoms in total. The molecule has 0 radical (unpaired) electrons. The normalized spacial score (nSPS) is 15.4. The first-order valence-electron chi connectivity index (χ1n) is 9.97. The fraction of sp³-hybridized carbons (Fsp3) is 0.208. The Labute approximate surface area is 170 Å². The van der Waals surface area contributed by atoms with Crippen molar-refractivity contribution in [3.8, 4) is 11.5 Å². The summed E-state index contributed by atoms with van der Waals surface area (Å²) in [7, 11) is 0. The van der Waals surface area contributed by atoms with E-state index in [1.807, 2.05) is 53.4 Å². The zero-order valence-electron chi connectivity index (χ0n) is 16.4. The average Bonchev–Trinajstić information content (AvgIpc) is 2.77. The fourth-order valence-electron chi connectivity index (χ4n) is 3.96. The third-order valence-electron chi connectivity index (χ3n) is 5.57. The standard InChI is InChI=1S/C24H23N3O2/c1-18-10-12-19(13-11-18)25-14-16-26(17-15-25)24(28)27-20-6-2-4-8-22(20)29-23-9-5-3-7-21(23)27/h2-13H,14-17H2,1H3. The van der Waals surface area contributed by atoms with E-state index in [1.54, 1.807) is 4.90 Å². The van der Waals surface area contributed by atoms with Crippen LogP contribution in [0.4, 0.5) is 21.9 Å². The van der Waals surface area contributed by atoms with Crippen molar-refractivity contribution in [1.29, 1.82) is 0 Å². The van der Waals surface area contributed by atoms with Crippen LogP contribution in [0.25, 0.3) is 0 Å². The van der Waals surface area contributed by atoms with Crippen LogP contribution in [-0.4, -0.2) is 37.1 Å². The van der Waals surface area contributed by atoms with Crippen molar-refractivity contribution >= 4 is 23.1 Å². The van der Waals surface area contributed by atoms with Gasteiger partial charge in [0.15, 0.2) is 11.5 Å². The number of para-hydroxylation sites is 4. The summed E-state index contributed by atoms with van der Waals surface area (Å²) >= 11 is 0. The molecular weight excluding hydrogens is 362 g/mol. The Balaban J connectivity index is 1.38. The van der Waals surface area contributed by atoms with Gasteiger partial charge in [0.1, 0.15) is 0 Å². The first-order valence-corrected chi connectivity index (χ1v) is 9.97. The zero-order chi connectivity index (χ0) is 19.8. The molecule has 29 heavy (non-hydrogen) atoms. The molecule has 3 aromatic rings. The van der Waals surface area contributed by atoms with Gasteiger partial charge >= 0.3 is 6.03 Å². The maximum absolute atomic E-state index is 13.5. The van der Waals surface area contributed by atoms with Crippen molar-refractivity contribution < 1.29 is 9.53 Å². The van der Waals surface area contributed by atoms with E-state index in [-0.39, 0.29) is 6.03 Å². The van der Waals surface area contributed by atoms with Crippen molar-refractivity contribution in [3.05, 3.63) is 78.4 Å². The number of benzene rings is 3. The second-order valence-electron chi connectivity index (χ2n) is 7.47. The van der Waals surface area contributed by atoms with Gasteiger partial charge in [0.25, 0.3) is 0 Å². The molecule has 0 bridgehead atoms. The van der Waals surface area contributed by atoms with Crippen LogP contribution in [0.5, 0.6) is 11.5 Å². The summed E-state index contributed by atoms with van der Waals surface area (Å²) in [5, 5.41) is 0. The molecule has 2 aliphatic heterocycles. The molecule has 0 N–H and O–H groups in total.